The molecule has 3 N–H and O–H groups in total. The molecule has 2 amide bonds. The number of hydrogen-bond donors (Lipinski definition) is 3. The monoisotopic (exact) mass is 371 g/mol. The van der Waals surface area contributed by atoms with Crippen molar-refractivity contribution in [3.8, 4) is 11.5 Å². The van der Waals surface area contributed by atoms with Gasteiger partial charge in [-0.15, -0.1) is 12.4 Å². The topological polar surface area (TPSA) is 88.7 Å². The van der Waals surface area contributed by atoms with Crippen molar-refractivity contribution < 1.29 is 19.1 Å². The lowest BCUT2D eigenvalue weighted by Gasteiger charge is -2.13. The van der Waals surface area contributed by atoms with E-state index in [1.54, 1.807) is 18.2 Å². The summed E-state index contributed by atoms with van der Waals surface area (Å²) < 4.78 is 10.8. The van der Waals surface area contributed by atoms with Gasteiger partial charge in [0.15, 0.2) is 18.1 Å². The van der Waals surface area contributed by atoms with Gasteiger partial charge in [0.1, 0.15) is 0 Å². The summed E-state index contributed by atoms with van der Waals surface area (Å²) in [7, 11) is 3.38. The van der Waals surface area contributed by atoms with Gasteiger partial charge < -0.3 is 25.4 Å². The van der Waals surface area contributed by atoms with Crippen LogP contribution >= 0.6 is 12.4 Å². The molecule has 0 atom stereocenters. The Kier molecular flexibility index (Phi) is 9.08. The molecule has 0 heterocycles. The number of carbonyl (C=O) groups is 2. The molecule has 140 valence electrons. The molecule has 1 aliphatic carbocycles. The third-order valence-electron chi connectivity index (χ3n) is 3.58. The predicted molar refractivity (Wildman–Crippen MR) is 98.7 cm³/mol. The molecule has 0 radical (unpaired) electrons. The average molecular weight is 372 g/mol. The number of halogens is 1. The molecule has 8 heteroatoms. The third-order valence-corrected chi connectivity index (χ3v) is 3.58. The molecule has 25 heavy (non-hydrogen) atoms. The fourth-order valence-electron chi connectivity index (χ4n) is 2.16. The SMILES string of the molecule is CNCCCC(=O)Nc1ccc(OC)c(OCC(=O)NC2CC2)c1.Cl. The first-order valence-corrected chi connectivity index (χ1v) is 8.17. The minimum atomic E-state index is -0.152. The van der Waals surface area contributed by atoms with Gasteiger partial charge in [0.25, 0.3) is 5.91 Å². The second-order valence-electron chi connectivity index (χ2n) is 5.75. The number of amides is 2. The van der Waals surface area contributed by atoms with Crippen LogP contribution in [0.25, 0.3) is 0 Å². The minimum Gasteiger partial charge on any atom is -0.493 e. The number of anilines is 1. The fourth-order valence-corrected chi connectivity index (χ4v) is 2.16. The number of carbonyl (C=O) groups excluding carboxylic acids is 2. The zero-order valence-corrected chi connectivity index (χ0v) is 15.4. The van der Waals surface area contributed by atoms with E-state index in [1.807, 2.05) is 7.05 Å². The lowest BCUT2D eigenvalue weighted by Crippen LogP contribution is -2.30. The number of rotatable bonds is 10. The summed E-state index contributed by atoms with van der Waals surface area (Å²) in [5, 5.41) is 8.68. The standard InChI is InChI=1S/C17H25N3O4.ClH/c1-18-9-3-4-16(21)20-13-7-8-14(23-2)15(10-13)24-11-17(22)19-12-5-6-12;/h7-8,10,12,18H,3-6,9,11H2,1-2H3,(H,19,22)(H,20,21);1H. The summed E-state index contributed by atoms with van der Waals surface area (Å²) in [4.78, 5) is 23.6. The maximum Gasteiger partial charge on any atom is 0.258 e. The fraction of sp³-hybridized carbons (Fsp3) is 0.529. The van der Waals surface area contributed by atoms with Crippen LogP contribution in [0.5, 0.6) is 11.5 Å². The highest BCUT2D eigenvalue weighted by molar-refractivity contribution is 5.91. The normalized spacial score (nSPS) is 12.7. The van der Waals surface area contributed by atoms with E-state index < -0.39 is 0 Å². The molecular weight excluding hydrogens is 346 g/mol. The van der Waals surface area contributed by atoms with Crippen LogP contribution in [0.15, 0.2) is 18.2 Å². The molecule has 7 nitrogen and oxygen atoms in total. The van der Waals surface area contributed by atoms with Crippen LogP contribution in [0.2, 0.25) is 0 Å². The van der Waals surface area contributed by atoms with Crippen molar-refractivity contribution in [1.82, 2.24) is 10.6 Å². The lowest BCUT2D eigenvalue weighted by atomic mass is 10.2. The van der Waals surface area contributed by atoms with Crippen molar-refractivity contribution >= 4 is 29.9 Å². The average Bonchev–Trinajstić information content (AvgIpc) is 3.37. The van der Waals surface area contributed by atoms with Crippen LogP contribution in [-0.2, 0) is 9.59 Å². The Morgan fingerprint density at radius 2 is 1.96 bits per heavy atom. The van der Waals surface area contributed by atoms with Crippen LogP contribution in [0, 0.1) is 0 Å². The van der Waals surface area contributed by atoms with Crippen molar-refractivity contribution in [3.05, 3.63) is 18.2 Å². The zero-order chi connectivity index (χ0) is 17.4. The maximum atomic E-state index is 11.9. The van der Waals surface area contributed by atoms with Crippen molar-refractivity contribution in [2.45, 2.75) is 31.7 Å². The Bertz CT molecular complexity index is 579. The smallest absolute Gasteiger partial charge is 0.258 e. The molecule has 1 aromatic carbocycles. The van der Waals surface area contributed by atoms with Crippen molar-refractivity contribution in [1.29, 1.82) is 0 Å². The Hall–Kier alpha value is -1.99. The third kappa shape index (κ3) is 7.62. The summed E-state index contributed by atoms with van der Waals surface area (Å²) in [6.07, 6.45) is 3.27. The lowest BCUT2D eigenvalue weighted by molar-refractivity contribution is -0.123. The molecule has 0 aliphatic heterocycles. The van der Waals surface area contributed by atoms with Crippen LogP contribution in [0.3, 0.4) is 0 Å². The second-order valence-corrected chi connectivity index (χ2v) is 5.75. The highest BCUT2D eigenvalue weighted by Crippen LogP contribution is 2.30. The van der Waals surface area contributed by atoms with E-state index in [0.29, 0.717) is 29.6 Å². The molecule has 0 aromatic heterocycles. The van der Waals surface area contributed by atoms with E-state index in [2.05, 4.69) is 16.0 Å². The van der Waals surface area contributed by atoms with E-state index in [4.69, 9.17) is 9.47 Å². The van der Waals surface area contributed by atoms with Crippen molar-refractivity contribution in [3.63, 3.8) is 0 Å². The number of benzene rings is 1. The molecule has 0 spiro atoms. The highest BCUT2D eigenvalue weighted by Gasteiger charge is 2.23. The highest BCUT2D eigenvalue weighted by atomic mass is 35.5. The maximum absolute atomic E-state index is 11.9. The minimum absolute atomic E-state index is 0. The Labute approximate surface area is 154 Å². The van der Waals surface area contributed by atoms with Gasteiger partial charge in [-0.2, -0.15) is 0 Å². The van der Waals surface area contributed by atoms with E-state index in [9.17, 15) is 9.59 Å². The summed E-state index contributed by atoms with van der Waals surface area (Å²) >= 11 is 0. The van der Waals surface area contributed by atoms with Gasteiger partial charge in [-0.3, -0.25) is 9.59 Å². The Balaban J connectivity index is 0.00000312. The van der Waals surface area contributed by atoms with Gasteiger partial charge in [-0.1, -0.05) is 0 Å². The molecule has 0 unspecified atom stereocenters. The molecule has 0 saturated heterocycles. The molecule has 1 fully saturated rings. The first kappa shape index (κ1) is 21.1. The Morgan fingerprint density at radius 3 is 2.60 bits per heavy atom. The van der Waals surface area contributed by atoms with Crippen LogP contribution in [0.1, 0.15) is 25.7 Å². The van der Waals surface area contributed by atoms with Crippen molar-refractivity contribution in [2.24, 2.45) is 0 Å². The Morgan fingerprint density at radius 1 is 1.20 bits per heavy atom. The molecule has 1 saturated carbocycles. The largest absolute Gasteiger partial charge is 0.493 e. The van der Waals surface area contributed by atoms with Crippen LogP contribution in [0.4, 0.5) is 5.69 Å². The number of nitrogens with one attached hydrogen (secondary N) is 3. The second kappa shape index (κ2) is 10.8. The molecule has 1 aliphatic rings. The quantitative estimate of drug-likeness (QED) is 0.545. The summed E-state index contributed by atoms with van der Waals surface area (Å²) in [5.41, 5.74) is 0.614. The van der Waals surface area contributed by atoms with Crippen molar-refractivity contribution in [2.75, 3.05) is 32.6 Å². The van der Waals surface area contributed by atoms with Crippen LogP contribution in [-0.4, -0.2) is 45.2 Å². The van der Waals surface area contributed by atoms with Gasteiger partial charge >= 0.3 is 0 Å². The molecular formula is C17H26ClN3O4. The van der Waals surface area contributed by atoms with Gasteiger partial charge in [0, 0.05) is 24.2 Å². The van der Waals surface area contributed by atoms with E-state index in [0.717, 1.165) is 25.8 Å². The van der Waals surface area contributed by atoms with Gasteiger partial charge in [0.05, 0.1) is 7.11 Å². The number of hydrogen-bond acceptors (Lipinski definition) is 5. The summed E-state index contributed by atoms with van der Waals surface area (Å²) in [5.74, 6) is 0.729. The van der Waals surface area contributed by atoms with Gasteiger partial charge in [-0.25, -0.2) is 0 Å². The predicted octanol–water partition coefficient (Wildman–Crippen LogP) is 1.71. The van der Waals surface area contributed by atoms with Gasteiger partial charge in [-0.05, 0) is 45.0 Å². The summed E-state index contributed by atoms with van der Waals surface area (Å²) in [6, 6.07) is 5.41. The first-order chi connectivity index (χ1) is 11.6. The zero-order valence-electron chi connectivity index (χ0n) is 14.6. The molecule has 0 bridgehead atoms. The number of methoxy groups -OCH3 is 1. The first-order valence-electron chi connectivity index (χ1n) is 8.17. The van der Waals surface area contributed by atoms with E-state index in [-0.39, 0.29) is 30.8 Å². The van der Waals surface area contributed by atoms with Gasteiger partial charge in [0.2, 0.25) is 5.91 Å². The summed E-state index contributed by atoms with van der Waals surface area (Å²) in [6.45, 7) is 0.715. The molecule has 1 aromatic rings. The van der Waals surface area contributed by atoms with E-state index >= 15 is 0 Å². The van der Waals surface area contributed by atoms with Crippen LogP contribution < -0.4 is 25.4 Å². The molecule has 2 rings (SSSR count). The number of ether oxygens (including phenoxy) is 2. The van der Waals surface area contributed by atoms with E-state index in [1.165, 1.54) is 7.11 Å².